The van der Waals surface area contributed by atoms with Gasteiger partial charge < -0.3 is 0 Å². The van der Waals surface area contributed by atoms with Crippen molar-refractivity contribution in [3.05, 3.63) is 59.2 Å². The second-order valence-corrected chi connectivity index (χ2v) is 9.97. The van der Waals surface area contributed by atoms with Gasteiger partial charge in [-0.05, 0) is 73.8 Å². The van der Waals surface area contributed by atoms with Crippen LogP contribution in [0.1, 0.15) is 77.7 Å². The van der Waals surface area contributed by atoms with Crippen LogP contribution in [0.15, 0.2) is 53.6 Å². The van der Waals surface area contributed by atoms with Crippen molar-refractivity contribution < 1.29 is 4.79 Å². The summed E-state index contributed by atoms with van der Waals surface area (Å²) in [6, 6.07) is 11.0. The van der Waals surface area contributed by atoms with Gasteiger partial charge in [0.05, 0.1) is 0 Å². The smallest absolute Gasteiger partial charge is 0.155 e. The van der Waals surface area contributed by atoms with Crippen LogP contribution in [0.2, 0.25) is 0 Å². The van der Waals surface area contributed by atoms with Gasteiger partial charge in [0.25, 0.3) is 0 Å². The maximum Gasteiger partial charge on any atom is 0.155 e. The summed E-state index contributed by atoms with van der Waals surface area (Å²) in [7, 11) is 0. The summed E-state index contributed by atoms with van der Waals surface area (Å²) >= 11 is 0. The lowest BCUT2D eigenvalue weighted by molar-refractivity contribution is -0.115. The molecule has 1 heteroatoms. The molecule has 0 spiro atoms. The Labute approximate surface area is 171 Å². The molecule has 0 N–H and O–H groups in total. The molecule has 0 aliphatic heterocycles. The van der Waals surface area contributed by atoms with Crippen molar-refractivity contribution in [3.63, 3.8) is 0 Å². The highest BCUT2D eigenvalue weighted by Crippen LogP contribution is 2.60. The highest BCUT2D eigenvalue weighted by atomic mass is 16.1. The van der Waals surface area contributed by atoms with Gasteiger partial charge in [0.1, 0.15) is 0 Å². The maximum atomic E-state index is 12.0. The van der Waals surface area contributed by atoms with E-state index in [9.17, 15) is 4.79 Å². The number of ketones is 1. The zero-order valence-corrected chi connectivity index (χ0v) is 18.0. The number of hydrogen-bond donors (Lipinski definition) is 0. The Kier molecular flexibility index (Phi) is 5.38. The average molecular weight is 377 g/mol. The van der Waals surface area contributed by atoms with Crippen LogP contribution in [0.5, 0.6) is 0 Å². The van der Waals surface area contributed by atoms with Gasteiger partial charge in [-0.25, -0.2) is 0 Å². The van der Waals surface area contributed by atoms with Crippen molar-refractivity contribution in [3.8, 4) is 0 Å². The van der Waals surface area contributed by atoms with Gasteiger partial charge in [-0.2, -0.15) is 0 Å². The van der Waals surface area contributed by atoms with E-state index in [4.69, 9.17) is 0 Å². The van der Waals surface area contributed by atoms with Crippen LogP contribution < -0.4 is 0 Å². The van der Waals surface area contributed by atoms with E-state index < -0.39 is 0 Å². The fourth-order valence-electron chi connectivity index (χ4n) is 6.41. The molecular formula is C27H36O. The van der Waals surface area contributed by atoms with E-state index in [1.165, 1.54) is 49.7 Å². The molecule has 28 heavy (non-hydrogen) atoms. The third-order valence-corrected chi connectivity index (χ3v) is 8.48. The Morgan fingerprint density at radius 3 is 2.64 bits per heavy atom. The van der Waals surface area contributed by atoms with Crippen molar-refractivity contribution in [1.82, 2.24) is 0 Å². The van der Waals surface area contributed by atoms with Gasteiger partial charge in [0.2, 0.25) is 0 Å². The third-order valence-electron chi connectivity index (χ3n) is 8.48. The largest absolute Gasteiger partial charge is 0.295 e. The molecule has 4 atom stereocenters. The van der Waals surface area contributed by atoms with Gasteiger partial charge >= 0.3 is 0 Å². The summed E-state index contributed by atoms with van der Waals surface area (Å²) in [4.78, 5) is 12.0. The monoisotopic (exact) mass is 376 g/mol. The Bertz CT molecular complexity index is 786. The number of allylic oxidation sites excluding steroid dienone is 4. The van der Waals surface area contributed by atoms with E-state index in [0.717, 1.165) is 25.2 Å². The molecule has 1 nitrogen and oxygen atoms in total. The number of carbonyl (C=O) groups is 1. The van der Waals surface area contributed by atoms with Crippen LogP contribution >= 0.6 is 0 Å². The molecule has 1 unspecified atom stereocenters. The summed E-state index contributed by atoms with van der Waals surface area (Å²) in [5, 5.41) is 0. The first-order chi connectivity index (χ1) is 13.5. The molecule has 0 bridgehead atoms. The lowest BCUT2D eigenvalue weighted by Gasteiger charge is -2.54. The summed E-state index contributed by atoms with van der Waals surface area (Å²) < 4.78 is 0. The van der Waals surface area contributed by atoms with E-state index >= 15 is 0 Å². The molecule has 0 radical (unpaired) electrons. The topological polar surface area (TPSA) is 17.1 Å². The number of benzene rings is 1. The van der Waals surface area contributed by atoms with Gasteiger partial charge in [-0.1, -0.05) is 74.7 Å². The zero-order chi connectivity index (χ0) is 19.8. The molecule has 4 rings (SSSR count). The van der Waals surface area contributed by atoms with Crippen LogP contribution in [0.25, 0.3) is 0 Å². The zero-order valence-electron chi connectivity index (χ0n) is 18.0. The van der Waals surface area contributed by atoms with Gasteiger partial charge in [-0.3, -0.25) is 4.79 Å². The summed E-state index contributed by atoms with van der Waals surface area (Å²) in [5.74, 6) is 1.84. The first kappa shape index (κ1) is 19.7. The molecule has 1 aromatic rings. The normalized spacial score (nSPS) is 34.9. The summed E-state index contributed by atoms with van der Waals surface area (Å²) in [5.41, 5.74) is 5.16. The van der Waals surface area contributed by atoms with Gasteiger partial charge in [-0.15, -0.1) is 0 Å². The van der Waals surface area contributed by atoms with Crippen molar-refractivity contribution in [1.29, 1.82) is 0 Å². The Morgan fingerprint density at radius 2 is 1.89 bits per heavy atom. The number of fused-ring (bicyclic) bond motifs is 3. The van der Waals surface area contributed by atoms with E-state index in [1.807, 2.05) is 6.08 Å². The molecule has 3 aliphatic rings. The quantitative estimate of drug-likeness (QED) is 0.502. The van der Waals surface area contributed by atoms with Crippen LogP contribution in [0, 0.1) is 22.7 Å². The molecule has 150 valence electrons. The van der Waals surface area contributed by atoms with Crippen LogP contribution in [0.3, 0.4) is 0 Å². The molecule has 0 amide bonds. The van der Waals surface area contributed by atoms with E-state index in [1.54, 1.807) is 5.57 Å². The first-order valence-corrected chi connectivity index (χ1v) is 11.4. The second-order valence-electron chi connectivity index (χ2n) is 9.97. The van der Waals surface area contributed by atoms with Gasteiger partial charge in [0.15, 0.2) is 5.78 Å². The highest BCUT2D eigenvalue weighted by molar-refractivity contribution is 5.92. The number of aryl methyl sites for hydroxylation is 1. The summed E-state index contributed by atoms with van der Waals surface area (Å²) in [6.07, 6.45) is 15.0. The van der Waals surface area contributed by atoms with Crippen LogP contribution in [-0.4, -0.2) is 5.78 Å². The van der Waals surface area contributed by atoms with Crippen LogP contribution in [0.4, 0.5) is 0 Å². The fraction of sp³-hybridized carbons (Fsp3) is 0.593. The minimum absolute atomic E-state index is 0.156. The Hall–Kier alpha value is -1.63. The molecule has 1 fully saturated rings. The average Bonchev–Trinajstić information content (AvgIpc) is 2.71. The van der Waals surface area contributed by atoms with Crippen molar-refractivity contribution in [2.24, 2.45) is 22.7 Å². The fourth-order valence-corrected chi connectivity index (χ4v) is 6.41. The molecule has 0 aromatic heterocycles. The molecule has 0 saturated heterocycles. The molecule has 1 aromatic carbocycles. The predicted octanol–water partition coefficient (Wildman–Crippen LogP) is 7.08. The molecular weight excluding hydrogens is 340 g/mol. The lowest BCUT2D eigenvalue weighted by atomic mass is 9.50. The number of hydrogen-bond acceptors (Lipinski definition) is 1. The second kappa shape index (κ2) is 7.65. The molecule has 1 saturated carbocycles. The Balaban J connectivity index is 1.56. The van der Waals surface area contributed by atoms with Gasteiger partial charge in [0, 0.05) is 11.8 Å². The lowest BCUT2D eigenvalue weighted by Crippen LogP contribution is -2.44. The highest BCUT2D eigenvalue weighted by Gasteiger charge is 2.50. The number of carbonyl (C=O) groups excluding carboxylic acids is 1. The van der Waals surface area contributed by atoms with Crippen molar-refractivity contribution in [2.75, 3.05) is 0 Å². The molecule has 3 aliphatic carbocycles. The third kappa shape index (κ3) is 3.42. The predicted molar refractivity (Wildman–Crippen MR) is 117 cm³/mol. The minimum atomic E-state index is 0.156. The number of rotatable bonds is 5. The van der Waals surface area contributed by atoms with E-state index in [0.29, 0.717) is 17.1 Å². The Morgan fingerprint density at radius 1 is 1.11 bits per heavy atom. The SMILES string of the molecule is CC[C@@]1(C)CC=C2C(CCC3=CC(=O)CC[C@@]32C)[C@@H]1CCCc1ccccc1. The van der Waals surface area contributed by atoms with E-state index in [2.05, 4.69) is 57.2 Å². The summed E-state index contributed by atoms with van der Waals surface area (Å²) in [6.45, 7) is 7.35. The minimum Gasteiger partial charge on any atom is -0.295 e. The standard InChI is InChI=1S/C27H36O/c1-4-26(2)17-16-25-23(14-13-21-19-22(28)15-18-27(21,25)3)24(26)12-8-11-20-9-6-5-7-10-20/h5-7,9-10,16,19,23-24H,4,8,11-15,17-18H2,1-3H3/t23?,24-,26-,27-/m0/s1. The van der Waals surface area contributed by atoms with E-state index in [-0.39, 0.29) is 5.41 Å². The van der Waals surface area contributed by atoms with Crippen LogP contribution in [-0.2, 0) is 11.2 Å². The maximum absolute atomic E-state index is 12.0. The van der Waals surface area contributed by atoms with Crippen molar-refractivity contribution in [2.45, 2.75) is 78.6 Å². The first-order valence-electron chi connectivity index (χ1n) is 11.4. The van der Waals surface area contributed by atoms with Crippen molar-refractivity contribution >= 4 is 5.78 Å². The molecule has 0 heterocycles.